The van der Waals surface area contributed by atoms with E-state index in [1.54, 1.807) is 0 Å². The second-order valence-electron chi connectivity index (χ2n) is 8.11. The molecule has 1 spiro atoms. The van der Waals surface area contributed by atoms with E-state index < -0.39 is 0 Å². The molecule has 2 aliphatic heterocycles. The van der Waals surface area contributed by atoms with Gasteiger partial charge in [0.1, 0.15) is 5.82 Å². The molecule has 1 amide bonds. The van der Waals surface area contributed by atoms with Gasteiger partial charge in [-0.2, -0.15) is 0 Å². The smallest absolute Gasteiger partial charge is 0.292 e. The average molecular weight is 358 g/mol. The summed E-state index contributed by atoms with van der Waals surface area (Å²) in [6.07, 6.45) is 5.39. The van der Waals surface area contributed by atoms with Crippen molar-refractivity contribution in [2.45, 2.75) is 57.5 Å². The van der Waals surface area contributed by atoms with Crippen molar-refractivity contribution in [3.05, 3.63) is 17.1 Å². The van der Waals surface area contributed by atoms with Gasteiger partial charge in [-0.1, -0.05) is 0 Å². The number of nitrogens with one attached hydrogen (secondary N) is 1. The van der Waals surface area contributed by atoms with Gasteiger partial charge in [-0.05, 0) is 52.5 Å². The maximum atomic E-state index is 13.4. The molecule has 3 heterocycles. The molecule has 26 heavy (non-hydrogen) atoms. The van der Waals surface area contributed by atoms with Crippen molar-refractivity contribution >= 4 is 11.7 Å². The predicted molar refractivity (Wildman–Crippen MR) is 101 cm³/mol. The van der Waals surface area contributed by atoms with Gasteiger partial charge in [-0.3, -0.25) is 4.79 Å². The zero-order valence-electron chi connectivity index (χ0n) is 15.9. The summed E-state index contributed by atoms with van der Waals surface area (Å²) >= 11 is 0. The minimum atomic E-state index is -0.0127. The average Bonchev–Trinajstić information content (AvgIpc) is 2.89. The van der Waals surface area contributed by atoms with E-state index in [-0.39, 0.29) is 17.5 Å². The van der Waals surface area contributed by atoms with Crippen LogP contribution < -0.4 is 16.0 Å². The summed E-state index contributed by atoms with van der Waals surface area (Å²) < 4.78 is 0. The lowest BCUT2D eigenvalue weighted by molar-refractivity contribution is 0.0172. The van der Waals surface area contributed by atoms with Gasteiger partial charge in [-0.25, -0.2) is 9.97 Å². The van der Waals surface area contributed by atoms with Crippen LogP contribution in [0.5, 0.6) is 0 Å². The Bertz CT molecular complexity index is 702. The van der Waals surface area contributed by atoms with Crippen LogP contribution in [-0.2, 0) is 0 Å². The van der Waals surface area contributed by atoms with E-state index in [2.05, 4.69) is 20.1 Å². The Morgan fingerprint density at radius 2 is 2.00 bits per heavy atom. The molecule has 3 fully saturated rings. The van der Waals surface area contributed by atoms with E-state index in [9.17, 15) is 4.79 Å². The van der Waals surface area contributed by atoms with E-state index >= 15 is 0 Å². The van der Waals surface area contributed by atoms with Crippen molar-refractivity contribution in [2.24, 2.45) is 5.73 Å². The Labute approximate surface area is 155 Å². The molecule has 0 bridgehead atoms. The Kier molecular flexibility index (Phi) is 4.61. The molecule has 4 rings (SSSR count). The van der Waals surface area contributed by atoms with Crippen LogP contribution in [0.15, 0.2) is 0 Å². The molecule has 1 saturated carbocycles. The molecule has 1 aromatic rings. The number of aryl methyl sites for hydroxylation is 1. The second-order valence-corrected chi connectivity index (χ2v) is 8.11. The summed E-state index contributed by atoms with van der Waals surface area (Å²) in [5.41, 5.74) is 8.02. The topological polar surface area (TPSA) is 87.4 Å². The predicted octanol–water partition coefficient (Wildman–Crippen LogP) is 0.989. The highest BCUT2D eigenvalue weighted by atomic mass is 16.2. The molecule has 3 N–H and O–H groups in total. The van der Waals surface area contributed by atoms with Crippen LogP contribution >= 0.6 is 0 Å². The molecular weight excluding hydrogens is 328 g/mol. The molecule has 1 atom stereocenters. The van der Waals surface area contributed by atoms with Crippen LogP contribution in [0.2, 0.25) is 0 Å². The van der Waals surface area contributed by atoms with Crippen LogP contribution in [0.1, 0.15) is 54.0 Å². The molecular formula is C19H30N6O. The Morgan fingerprint density at radius 3 is 2.65 bits per heavy atom. The number of amides is 1. The fourth-order valence-corrected chi connectivity index (χ4v) is 4.55. The van der Waals surface area contributed by atoms with E-state index in [0.29, 0.717) is 5.82 Å². The normalized spacial score (nSPS) is 25.3. The minimum Gasteiger partial charge on any atom is -0.355 e. The Balaban J connectivity index is 1.66. The first-order valence-corrected chi connectivity index (χ1v) is 9.89. The molecule has 2 saturated heterocycles. The van der Waals surface area contributed by atoms with E-state index in [1.165, 1.54) is 6.42 Å². The lowest BCUT2D eigenvalue weighted by Crippen LogP contribution is -2.56. The van der Waals surface area contributed by atoms with E-state index in [1.807, 2.05) is 13.8 Å². The first-order valence-electron chi connectivity index (χ1n) is 9.89. The molecule has 7 nitrogen and oxygen atoms in total. The van der Waals surface area contributed by atoms with Crippen molar-refractivity contribution < 1.29 is 4.79 Å². The van der Waals surface area contributed by atoms with Crippen LogP contribution in [0, 0.1) is 13.8 Å². The molecule has 142 valence electrons. The highest BCUT2D eigenvalue weighted by molar-refractivity contribution is 5.92. The summed E-state index contributed by atoms with van der Waals surface area (Å²) in [6.45, 7) is 8.24. The quantitative estimate of drug-likeness (QED) is 0.820. The zero-order valence-corrected chi connectivity index (χ0v) is 15.9. The molecule has 1 aromatic heterocycles. The van der Waals surface area contributed by atoms with Crippen LogP contribution in [0.4, 0.5) is 5.82 Å². The fraction of sp³-hybridized carbons (Fsp3) is 0.737. The summed E-state index contributed by atoms with van der Waals surface area (Å²) in [5.74, 6) is 1.21. The van der Waals surface area contributed by atoms with Gasteiger partial charge in [0.05, 0.1) is 0 Å². The molecule has 1 aliphatic carbocycles. The lowest BCUT2D eigenvalue weighted by Gasteiger charge is -2.49. The van der Waals surface area contributed by atoms with Gasteiger partial charge in [0.15, 0.2) is 0 Å². The van der Waals surface area contributed by atoms with Crippen molar-refractivity contribution in [3.8, 4) is 0 Å². The number of aromatic nitrogens is 2. The molecule has 3 aliphatic rings. The van der Waals surface area contributed by atoms with Crippen molar-refractivity contribution in [1.29, 1.82) is 0 Å². The summed E-state index contributed by atoms with van der Waals surface area (Å²) in [7, 11) is 0. The number of hydrogen-bond donors (Lipinski definition) is 2. The maximum absolute atomic E-state index is 13.4. The maximum Gasteiger partial charge on any atom is 0.292 e. The first-order chi connectivity index (χ1) is 12.5. The molecule has 0 unspecified atom stereocenters. The third kappa shape index (κ3) is 2.97. The number of carbonyl (C=O) groups excluding carboxylic acids is 1. The monoisotopic (exact) mass is 358 g/mol. The summed E-state index contributed by atoms with van der Waals surface area (Å²) in [4.78, 5) is 26.9. The third-order valence-corrected chi connectivity index (χ3v) is 6.46. The minimum absolute atomic E-state index is 0.0127. The second kappa shape index (κ2) is 6.78. The third-order valence-electron chi connectivity index (χ3n) is 6.46. The van der Waals surface area contributed by atoms with Crippen molar-refractivity contribution in [1.82, 2.24) is 20.2 Å². The summed E-state index contributed by atoms with van der Waals surface area (Å²) in [5, 5.41) is 3.43. The summed E-state index contributed by atoms with van der Waals surface area (Å²) in [6, 6.07) is 0.179. The van der Waals surface area contributed by atoms with Gasteiger partial charge in [-0.15, -0.1) is 0 Å². The lowest BCUT2D eigenvalue weighted by atomic mass is 9.73. The largest absolute Gasteiger partial charge is 0.355 e. The zero-order chi connectivity index (χ0) is 18.3. The van der Waals surface area contributed by atoms with Gasteiger partial charge in [0.2, 0.25) is 5.82 Å². The molecule has 7 heteroatoms. The van der Waals surface area contributed by atoms with Gasteiger partial charge in [0.25, 0.3) is 5.91 Å². The van der Waals surface area contributed by atoms with Gasteiger partial charge < -0.3 is 20.9 Å². The highest BCUT2D eigenvalue weighted by Crippen LogP contribution is 2.41. The number of rotatable bonds is 2. The van der Waals surface area contributed by atoms with Crippen molar-refractivity contribution in [3.63, 3.8) is 0 Å². The number of nitrogens with two attached hydrogens (primary N) is 1. The van der Waals surface area contributed by atoms with Crippen molar-refractivity contribution in [2.75, 3.05) is 37.6 Å². The SMILES string of the molecule is Cc1nc(C(=O)N2CCNCCC23CCC3)nc(N2CC[C@@H](N)C2)c1C. The van der Waals surface area contributed by atoms with Gasteiger partial charge >= 0.3 is 0 Å². The number of carbonyl (C=O) groups is 1. The van der Waals surface area contributed by atoms with Crippen LogP contribution in [0.3, 0.4) is 0 Å². The standard InChI is InChI=1S/C19H30N6O/c1-13-14(2)22-16(23-17(13)24-10-4-15(20)12-24)18(26)25-11-9-21-8-7-19(25)5-3-6-19/h15,21H,3-12,20H2,1-2H3/t15-/m1/s1. The van der Waals surface area contributed by atoms with Crippen LogP contribution in [0.25, 0.3) is 0 Å². The van der Waals surface area contributed by atoms with E-state index in [4.69, 9.17) is 10.7 Å². The molecule has 0 radical (unpaired) electrons. The number of nitrogens with zero attached hydrogens (tertiary/aromatic N) is 4. The number of hydrogen-bond acceptors (Lipinski definition) is 6. The Hall–Kier alpha value is -1.73. The highest BCUT2D eigenvalue weighted by Gasteiger charge is 2.46. The number of anilines is 1. The first kappa shape index (κ1) is 17.7. The molecule has 0 aromatic carbocycles. The van der Waals surface area contributed by atoms with Crippen LogP contribution in [-0.4, -0.2) is 65.1 Å². The van der Waals surface area contributed by atoms with Gasteiger partial charge in [0, 0.05) is 49.0 Å². The van der Waals surface area contributed by atoms with E-state index in [0.717, 1.165) is 75.5 Å². The Morgan fingerprint density at radius 1 is 1.19 bits per heavy atom. The fourth-order valence-electron chi connectivity index (χ4n) is 4.55.